The molecular formula is C25H30N4O2S. The second kappa shape index (κ2) is 9.16. The molecule has 5 rings (SSSR count). The average Bonchev–Trinajstić information content (AvgIpc) is 3.41. The topological polar surface area (TPSA) is 67.3 Å². The van der Waals surface area contributed by atoms with Gasteiger partial charge < -0.3 is 10.1 Å². The smallest absolute Gasteiger partial charge is 0.337 e. The number of ether oxygens (including phenoxy) is 1. The van der Waals surface area contributed by atoms with E-state index in [0.29, 0.717) is 17.6 Å². The summed E-state index contributed by atoms with van der Waals surface area (Å²) in [5.41, 5.74) is 3.30. The number of nitrogens with zero attached hydrogens (tertiary/aromatic N) is 3. The third-order valence-electron chi connectivity index (χ3n) is 6.97. The lowest BCUT2D eigenvalue weighted by Gasteiger charge is -2.35. The molecule has 0 amide bonds. The number of aromatic nitrogens is 2. The van der Waals surface area contributed by atoms with Crippen molar-refractivity contribution in [3.05, 3.63) is 52.2 Å². The molecule has 0 saturated heterocycles. The summed E-state index contributed by atoms with van der Waals surface area (Å²) >= 11 is 1.85. The first-order valence-corrected chi connectivity index (χ1v) is 12.3. The van der Waals surface area contributed by atoms with E-state index in [2.05, 4.69) is 27.2 Å². The van der Waals surface area contributed by atoms with E-state index in [9.17, 15) is 4.79 Å². The van der Waals surface area contributed by atoms with Gasteiger partial charge in [0, 0.05) is 23.5 Å². The van der Waals surface area contributed by atoms with Crippen molar-refractivity contribution in [2.75, 3.05) is 19.5 Å². The summed E-state index contributed by atoms with van der Waals surface area (Å²) in [6.45, 7) is 0.887. The number of rotatable bonds is 6. The van der Waals surface area contributed by atoms with Crippen molar-refractivity contribution in [2.45, 2.75) is 63.6 Å². The minimum Gasteiger partial charge on any atom is -0.465 e. The van der Waals surface area contributed by atoms with Crippen LogP contribution in [-0.4, -0.2) is 47.1 Å². The Kier molecular flexibility index (Phi) is 6.11. The number of nitrogens with one attached hydrogen (secondary N) is 1. The molecule has 2 aromatic heterocycles. The van der Waals surface area contributed by atoms with Crippen molar-refractivity contribution in [1.82, 2.24) is 14.9 Å². The van der Waals surface area contributed by atoms with E-state index < -0.39 is 0 Å². The third-order valence-corrected chi connectivity index (χ3v) is 8.17. The van der Waals surface area contributed by atoms with Crippen LogP contribution in [0.4, 0.5) is 5.82 Å². The first-order chi connectivity index (χ1) is 15.6. The van der Waals surface area contributed by atoms with E-state index in [-0.39, 0.29) is 5.97 Å². The molecule has 1 saturated carbocycles. The number of fused-ring (bicyclic) bond motifs is 3. The van der Waals surface area contributed by atoms with Crippen LogP contribution < -0.4 is 5.32 Å². The highest BCUT2D eigenvalue weighted by Gasteiger charge is 2.26. The second-order valence-corrected chi connectivity index (χ2v) is 10.1. The summed E-state index contributed by atoms with van der Waals surface area (Å²) in [4.78, 5) is 25.9. The Morgan fingerprint density at radius 1 is 1.16 bits per heavy atom. The Bertz CT molecular complexity index is 1100. The average molecular weight is 451 g/mol. The fraction of sp³-hybridized carbons (Fsp3) is 0.480. The fourth-order valence-corrected chi connectivity index (χ4v) is 6.40. The van der Waals surface area contributed by atoms with Crippen molar-refractivity contribution in [1.29, 1.82) is 0 Å². The Labute approximate surface area is 193 Å². The monoisotopic (exact) mass is 450 g/mol. The molecule has 2 aliphatic carbocycles. The highest BCUT2D eigenvalue weighted by atomic mass is 32.1. The van der Waals surface area contributed by atoms with Crippen LogP contribution in [0.1, 0.15) is 58.5 Å². The molecule has 0 bridgehead atoms. The number of carbonyl (C=O) groups is 1. The SMILES string of the molecule is COC(=O)c1ccc(CN(C)C2CCC(Nc3ncnc4sc5c(c34)CCC5)CC2)cc1. The first kappa shape index (κ1) is 21.3. The van der Waals surface area contributed by atoms with Gasteiger partial charge in [0.2, 0.25) is 0 Å². The van der Waals surface area contributed by atoms with Crippen molar-refractivity contribution >= 4 is 33.3 Å². The Hall–Kier alpha value is -2.51. The molecule has 1 fully saturated rings. The maximum Gasteiger partial charge on any atom is 0.337 e. The number of methoxy groups -OCH3 is 1. The first-order valence-electron chi connectivity index (χ1n) is 11.5. The zero-order valence-corrected chi connectivity index (χ0v) is 19.6. The van der Waals surface area contributed by atoms with Crippen molar-refractivity contribution in [3.8, 4) is 0 Å². The maximum absolute atomic E-state index is 11.6. The van der Waals surface area contributed by atoms with Gasteiger partial charge in [-0.05, 0) is 75.3 Å². The Balaban J connectivity index is 1.18. The van der Waals surface area contributed by atoms with Crippen LogP contribution >= 0.6 is 11.3 Å². The largest absolute Gasteiger partial charge is 0.465 e. The number of hydrogen-bond acceptors (Lipinski definition) is 7. The number of thiophene rings is 1. The van der Waals surface area contributed by atoms with Crippen molar-refractivity contribution < 1.29 is 9.53 Å². The Morgan fingerprint density at radius 3 is 2.69 bits per heavy atom. The van der Waals surface area contributed by atoms with Crippen LogP contribution in [0.3, 0.4) is 0 Å². The molecule has 0 spiro atoms. The lowest BCUT2D eigenvalue weighted by Crippen LogP contribution is -2.38. The summed E-state index contributed by atoms with van der Waals surface area (Å²) in [5, 5.41) is 5.04. The predicted molar refractivity (Wildman–Crippen MR) is 128 cm³/mol. The molecule has 0 atom stereocenters. The number of carbonyl (C=O) groups excluding carboxylic acids is 1. The van der Waals surface area contributed by atoms with Gasteiger partial charge in [0.05, 0.1) is 18.1 Å². The van der Waals surface area contributed by atoms with Crippen LogP contribution in [0.15, 0.2) is 30.6 Å². The minimum absolute atomic E-state index is 0.288. The van der Waals surface area contributed by atoms with Gasteiger partial charge in [-0.3, -0.25) is 4.90 Å². The van der Waals surface area contributed by atoms with E-state index >= 15 is 0 Å². The molecule has 7 heteroatoms. The van der Waals surface area contributed by atoms with E-state index in [1.54, 1.807) is 6.33 Å². The molecule has 6 nitrogen and oxygen atoms in total. The van der Waals surface area contributed by atoms with Gasteiger partial charge in [-0.2, -0.15) is 0 Å². The molecule has 168 valence electrons. The van der Waals surface area contributed by atoms with Gasteiger partial charge >= 0.3 is 5.97 Å². The number of aryl methyl sites for hydroxylation is 2. The summed E-state index contributed by atoms with van der Waals surface area (Å²) in [6, 6.07) is 8.78. The zero-order chi connectivity index (χ0) is 22.1. The molecule has 32 heavy (non-hydrogen) atoms. The van der Waals surface area contributed by atoms with Gasteiger partial charge in [0.15, 0.2) is 0 Å². The second-order valence-electron chi connectivity index (χ2n) is 9.01. The van der Waals surface area contributed by atoms with Crippen LogP contribution in [0, 0.1) is 0 Å². The molecule has 0 unspecified atom stereocenters. The third kappa shape index (κ3) is 4.24. The summed E-state index contributed by atoms with van der Waals surface area (Å²) in [5.74, 6) is 0.751. The minimum atomic E-state index is -0.288. The van der Waals surface area contributed by atoms with Gasteiger partial charge in [0.25, 0.3) is 0 Å². The lowest BCUT2D eigenvalue weighted by molar-refractivity contribution is 0.0600. The van der Waals surface area contributed by atoms with Crippen molar-refractivity contribution in [2.24, 2.45) is 0 Å². The molecule has 3 aromatic rings. The van der Waals surface area contributed by atoms with Gasteiger partial charge in [-0.25, -0.2) is 14.8 Å². The lowest BCUT2D eigenvalue weighted by atomic mass is 9.90. The van der Waals surface area contributed by atoms with Crippen LogP contribution in [0.5, 0.6) is 0 Å². The molecule has 1 aromatic carbocycles. The number of hydrogen-bond donors (Lipinski definition) is 1. The van der Waals surface area contributed by atoms with Crippen molar-refractivity contribution in [3.63, 3.8) is 0 Å². The number of esters is 1. The quantitative estimate of drug-likeness (QED) is 0.543. The molecule has 1 N–H and O–H groups in total. The fourth-order valence-electron chi connectivity index (χ4n) is 5.17. The summed E-state index contributed by atoms with van der Waals surface area (Å²) in [7, 11) is 3.62. The van der Waals surface area contributed by atoms with E-state index in [1.165, 1.54) is 54.2 Å². The molecule has 0 radical (unpaired) electrons. The number of benzene rings is 1. The van der Waals surface area contributed by atoms with E-state index in [0.717, 1.165) is 36.5 Å². The highest BCUT2D eigenvalue weighted by molar-refractivity contribution is 7.19. The van der Waals surface area contributed by atoms with Crippen LogP contribution in [-0.2, 0) is 24.1 Å². The standard InChI is InChI=1S/C25H30N4O2S/c1-29(14-16-6-8-17(9-7-16)25(30)31-2)19-12-10-18(11-13-19)28-23-22-20-4-3-5-21(20)32-24(22)27-15-26-23/h6-9,15,18-19H,3-5,10-14H2,1-2H3,(H,26,27,28). The van der Waals surface area contributed by atoms with E-state index in [1.807, 2.05) is 35.6 Å². The van der Waals surface area contributed by atoms with Gasteiger partial charge in [0.1, 0.15) is 17.0 Å². The molecule has 0 aliphatic heterocycles. The predicted octanol–water partition coefficient (Wildman–Crippen LogP) is 4.82. The van der Waals surface area contributed by atoms with Gasteiger partial charge in [-0.1, -0.05) is 12.1 Å². The van der Waals surface area contributed by atoms with Crippen LogP contribution in [0.25, 0.3) is 10.2 Å². The molecular weight excluding hydrogens is 420 g/mol. The normalized spacial score (nSPS) is 20.5. The van der Waals surface area contributed by atoms with Gasteiger partial charge in [-0.15, -0.1) is 11.3 Å². The number of anilines is 1. The Morgan fingerprint density at radius 2 is 1.94 bits per heavy atom. The highest BCUT2D eigenvalue weighted by Crippen LogP contribution is 2.39. The van der Waals surface area contributed by atoms with Crippen LogP contribution in [0.2, 0.25) is 0 Å². The van der Waals surface area contributed by atoms with E-state index in [4.69, 9.17) is 4.74 Å². The zero-order valence-electron chi connectivity index (χ0n) is 18.8. The summed E-state index contributed by atoms with van der Waals surface area (Å²) < 4.78 is 4.78. The maximum atomic E-state index is 11.6. The molecule has 2 heterocycles. The summed E-state index contributed by atoms with van der Waals surface area (Å²) in [6.07, 6.45) is 9.96. The molecule has 2 aliphatic rings.